The Kier molecular flexibility index (Phi) is 2.70. The van der Waals surface area contributed by atoms with E-state index in [1.807, 2.05) is 30.3 Å². The third-order valence-corrected chi connectivity index (χ3v) is 4.14. The first-order valence-electron chi connectivity index (χ1n) is 7.47. The summed E-state index contributed by atoms with van der Waals surface area (Å²) in [6.45, 7) is 0.387. The third kappa shape index (κ3) is 1.98. The maximum absolute atomic E-state index is 12.0. The van der Waals surface area contributed by atoms with Crippen molar-refractivity contribution in [2.45, 2.75) is 6.42 Å². The van der Waals surface area contributed by atoms with Gasteiger partial charge in [0.05, 0.1) is 12.1 Å². The molecule has 0 fully saturated rings. The number of ether oxygens (including phenoxy) is 4. The van der Waals surface area contributed by atoms with Crippen LogP contribution in [-0.4, -0.2) is 25.2 Å². The van der Waals surface area contributed by atoms with Crippen molar-refractivity contribution < 1.29 is 23.7 Å². The van der Waals surface area contributed by atoms with Crippen molar-refractivity contribution >= 4 is 11.6 Å². The van der Waals surface area contributed by atoms with E-state index in [9.17, 15) is 4.79 Å². The summed E-state index contributed by atoms with van der Waals surface area (Å²) >= 11 is 0. The lowest BCUT2D eigenvalue weighted by atomic mass is 9.95. The minimum absolute atomic E-state index is 0.175. The first-order valence-corrected chi connectivity index (χ1v) is 7.47. The molecule has 5 rings (SSSR count). The van der Waals surface area contributed by atoms with Crippen molar-refractivity contribution in [3.8, 4) is 23.0 Å². The molecule has 0 unspecified atom stereocenters. The molecule has 0 saturated carbocycles. The Hall–Kier alpha value is -3.22. The highest BCUT2D eigenvalue weighted by molar-refractivity contribution is 6.15. The maximum atomic E-state index is 12.0. The number of hydrogen-bond acceptors (Lipinski definition) is 6. The fraction of sp³-hybridized carbons (Fsp3) is 0.176. The summed E-state index contributed by atoms with van der Waals surface area (Å²) in [5.74, 6) is 2.48. The van der Waals surface area contributed by atoms with E-state index in [1.165, 1.54) is 0 Å². The lowest BCUT2D eigenvalue weighted by molar-refractivity contribution is -0.120. The van der Waals surface area contributed by atoms with Gasteiger partial charge in [-0.25, -0.2) is 5.43 Å². The minimum atomic E-state index is -0.175. The molecule has 120 valence electrons. The summed E-state index contributed by atoms with van der Waals surface area (Å²) in [7, 11) is 0. The number of nitrogens with zero attached hydrogens (tertiary/aromatic N) is 1. The number of hydrogen-bond donors (Lipinski definition) is 1. The second-order valence-corrected chi connectivity index (χ2v) is 5.60. The van der Waals surface area contributed by atoms with E-state index in [1.54, 1.807) is 0 Å². The van der Waals surface area contributed by atoms with Gasteiger partial charge in [-0.1, -0.05) is 0 Å². The fourth-order valence-corrected chi connectivity index (χ4v) is 3.01. The quantitative estimate of drug-likeness (QED) is 0.861. The molecule has 3 aliphatic heterocycles. The van der Waals surface area contributed by atoms with Crippen LogP contribution < -0.4 is 24.4 Å². The average molecular weight is 324 g/mol. The van der Waals surface area contributed by atoms with Crippen LogP contribution in [0, 0.1) is 0 Å². The predicted molar refractivity (Wildman–Crippen MR) is 82.6 cm³/mol. The minimum Gasteiger partial charge on any atom is -0.454 e. The van der Waals surface area contributed by atoms with E-state index in [2.05, 4.69) is 10.5 Å². The second-order valence-electron chi connectivity index (χ2n) is 5.60. The first kappa shape index (κ1) is 13.2. The topological polar surface area (TPSA) is 78.4 Å². The number of amides is 1. The fourth-order valence-electron chi connectivity index (χ4n) is 3.01. The van der Waals surface area contributed by atoms with Gasteiger partial charge in [0.15, 0.2) is 23.0 Å². The highest BCUT2D eigenvalue weighted by Crippen LogP contribution is 2.38. The van der Waals surface area contributed by atoms with Crippen molar-refractivity contribution in [3.63, 3.8) is 0 Å². The van der Waals surface area contributed by atoms with Crippen LogP contribution in [-0.2, 0) is 11.2 Å². The van der Waals surface area contributed by atoms with E-state index >= 15 is 0 Å². The number of nitrogens with one attached hydrogen (secondary N) is 1. The molecule has 24 heavy (non-hydrogen) atoms. The number of rotatable bonds is 1. The normalized spacial score (nSPS) is 17.0. The van der Waals surface area contributed by atoms with Crippen LogP contribution in [0.2, 0.25) is 0 Å². The summed E-state index contributed by atoms with van der Waals surface area (Å²) in [6.07, 6.45) is 0.226. The van der Waals surface area contributed by atoms with E-state index in [4.69, 9.17) is 18.9 Å². The highest BCUT2D eigenvalue weighted by atomic mass is 16.7. The monoisotopic (exact) mass is 324 g/mol. The molecule has 7 heteroatoms. The van der Waals surface area contributed by atoms with Gasteiger partial charge < -0.3 is 18.9 Å². The summed E-state index contributed by atoms with van der Waals surface area (Å²) in [4.78, 5) is 12.0. The number of hydrazone groups is 1. The van der Waals surface area contributed by atoms with Gasteiger partial charge in [0.2, 0.25) is 19.5 Å². The third-order valence-electron chi connectivity index (χ3n) is 4.14. The zero-order valence-corrected chi connectivity index (χ0v) is 12.5. The number of benzene rings is 2. The van der Waals surface area contributed by atoms with Gasteiger partial charge in [0.1, 0.15) is 0 Å². The van der Waals surface area contributed by atoms with Crippen molar-refractivity contribution in [1.82, 2.24) is 5.43 Å². The van der Waals surface area contributed by atoms with Gasteiger partial charge in [-0.05, 0) is 35.9 Å². The summed E-state index contributed by atoms with van der Waals surface area (Å²) < 4.78 is 21.7. The lowest BCUT2D eigenvalue weighted by Crippen LogP contribution is -2.18. The average Bonchev–Trinajstić information content (AvgIpc) is 3.19. The summed E-state index contributed by atoms with van der Waals surface area (Å²) in [5, 5.41) is 4.29. The van der Waals surface area contributed by atoms with Gasteiger partial charge in [-0.15, -0.1) is 0 Å². The molecular weight excluding hydrogens is 312 g/mol. The van der Waals surface area contributed by atoms with Crippen LogP contribution in [0.4, 0.5) is 0 Å². The van der Waals surface area contributed by atoms with E-state index < -0.39 is 0 Å². The van der Waals surface area contributed by atoms with Crippen LogP contribution in [0.15, 0.2) is 35.4 Å². The van der Waals surface area contributed by atoms with Gasteiger partial charge in [0, 0.05) is 11.1 Å². The molecule has 3 heterocycles. The molecule has 7 nitrogen and oxygen atoms in total. The van der Waals surface area contributed by atoms with Crippen LogP contribution in [0.5, 0.6) is 23.0 Å². The van der Waals surface area contributed by atoms with E-state index in [0.717, 1.165) is 16.7 Å². The van der Waals surface area contributed by atoms with E-state index in [0.29, 0.717) is 28.7 Å². The van der Waals surface area contributed by atoms with Gasteiger partial charge >= 0.3 is 0 Å². The lowest BCUT2D eigenvalue weighted by Gasteiger charge is -2.10. The first-order chi connectivity index (χ1) is 11.8. The van der Waals surface area contributed by atoms with Gasteiger partial charge in [-0.3, -0.25) is 4.79 Å². The smallest absolute Gasteiger partial charge is 0.244 e. The van der Waals surface area contributed by atoms with Crippen molar-refractivity contribution in [2.75, 3.05) is 13.6 Å². The molecule has 1 amide bonds. The highest BCUT2D eigenvalue weighted by Gasteiger charge is 2.25. The zero-order valence-electron chi connectivity index (χ0n) is 12.5. The van der Waals surface area contributed by atoms with Crippen LogP contribution in [0.1, 0.15) is 16.7 Å². The Morgan fingerprint density at radius 1 is 0.875 bits per heavy atom. The number of carbonyl (C=O) groups excluding carboxylic acids is 1. The largest absolute Gasteiger partial charge is 0.454 e. The molecule has 0 atom stereocenters. The molecule has 2 aromatic carbocycles. The molecule has 0 aliphatic carbocycles. The standard InChI is InChI=1S/C17H12N2O5/c20-16-5-10-4-14-15(24-8-23-14)6-11(10)17(19-18-16)9-1-2-12-13(3-9)22-7-21-12/h1-4,6H,5,7-8H2,(H,18,20). The van der Waals surface area contributed by atoms with Crippen LogP contribution >= 0.6 is 0 Å². The molecule has 0 saturated heterocycles. The molecule has 0 spiro atoms. The molecule has 0 bridgehead atoms. The molecule has 0 radical (unpaired) electrons. The number of carbonyl (C=O) groups is 1. The van der Waals surface area contributed by atoms with Crippen molar-refractivity contribution in [3.05, 3.63) is 47.0 Å². The second kappa shape index (κ2) is 4.89. The molecule has 1 N–H and O–H groups in total. The Balaban J connectivity index is 1.67. The SMILES string of the molecule is O=C1Cc2cc3c(cc2C(c2ccc4c(c2)OCO4)=NN1)OCO3. The van der Waals surface area contributed by atoms with Crippen molar-refractivity contribution in [1.29, 1.82) is 0 Å². The molecule has 0 aromatic heterocycles. The Labute approximate surface area is 136 Å². The molecule has 2 aromatic rings. The summed E-state index contributed by atoms with van der Waals surface area (Å²) in [5.41, 5.74) is 5.71. The summed E-state index contributed by atoms with van der Waals surface area (Å²) in [6, 6.07) is 9.27. The zero-order chi connectivity index (χ0) is 16.1. The van der Waals surface area contributed by atoms with Gasteiger partial charge in [-0.2, -0.15) is 5.10 Å². The van der Waals surface area contributed by atoms with Crippen LogP contribution in [0.25, 0.3) is 0 Å². The van der Waals surface area contributed by atoms with Gasteiger partial charge in [0.25, 0.3) is 0 Å². The Morgan fingerprint density at radius 3 is 2.42 bits per heavy atom. The van der Waals surface area contributed by atoms with Crippen molar-refractivity contribution in [2.24, 2.45) is 5.10 Å². The number of fused-ring (bicyclic) bond motifs is 3. The maximum Gasteiger partial charge on any atom is 0.244 e. The Bertz CT molecular complexity index is 906. The molecule has 3 aliphatic rings. The Morgan fingerprint density at radius 2 is 1.58 bits per heavy atom. The van der Waals surface area contributed by atoms with E-state index in [-0.39, 0.29) is 25.9 Å². The van der Waals surface area contributed by atoms with Crippen LogP contribution in [0.3, 0.4) is 0 Å². The molecular formula is C17H12N2O5. The predicted octanol–water partition coefficient (Wildman–Crippen LogP) is 1.57.